The maximum Gasteiger partial charge on any atom is 0.320 e. The van der Waals surface area contributed by atoms with E-state index in [4.69, 9.17) is 14.6 Å². The van der Waals surface area contributed by atoms with Crippen LogP contribution < -0.4 is 9.47 Å². The van der Waals surface area contributed by atoms with Crippen LogP contribution in [0.2, 0.25) is 0 Å². The van der Waals surface area contributed by atoms with E-state index < -0.39 is 5.97 Å². The van der Waals surface area contributed by atoms with E-state index in [0.717, 1.165) is 35.6 Å². The third kappa shape index (κ3) is 2.26. The molecule has 1 atom stereocenters. The number of benzene rings is 1. The summed E-state index contributed by atoms with van der Waals surface area (Å²) in [5, 5.41) is 9.06. The average Bonchev–Trinajstić information content (AvgIpc) is 2.34. The number of aliphatic carboxylic acids is 1. The van der Waals surface area contributed by atoms with Crippen LogP contribution in [-0.4, -0.2) is 41.8 Å². The van der Waals surface area contributed by atoms with Gasteiger partial charge < -0.3 is 14.6 Å². The van der Waals surface area contributed by atoms with E-state index in [1.165, 1.54) is 0 Å². The van der Waals surface area contributed by atoms with Gasteiger partial charge in [-0.25, -0.2) is 0 Å². The first kappa shape index (κ1) is 12.3. The zero-order chi connectivity index (χ0) is 13.4. The van der Waals surface area contributed by atoms with Crippen molar-refractivity contribution in [1.82, 2.24) is 4.90 Å². The second kappa shape index (κ2) is 4.74. The molecule has 0 unspecified atom stereocenters. The fourth-order valence-electron chi connectivity index (χ4n) is 2.53. The molecule has 2 aliphatic rings. The summed E-state index contributed by atoms with van der Waals surface area (Å²) in [5.41, 5.74) is 2.22. The number of rotatable bonds is 3. The van der Waals surface area contributed by atoms with Crippen LogP contribution in [0.25, 0.3) is 0 Å². The van der Waals surface area contributed by atoms with Crippen LogP contribution in [0.5, 0.6) is 11.5 Å². The molecule has 0 aromatic heterocycles. The summed E-state index contributed by atoms with van der Waals surface area (Å²) in [4.78, 5) is 13.0. The van der Waals surface area contributed by atoms with E-state index in [9.17, 15) is 4.79 Å². The summed E-state index contributed by atoms with van der Waals surface area (Å²) in [7, 11) is 0. The number of carboxylic acid groups (broad SMARTS) is 1. The lowest BCUT2D eigenvalue weighted by molar-refractivity contribution is -0.148. The topological polar surface area (TPSA) is 59.0 Å². The lowest BCUT2D eigenvalue weighted by Crippen LogP contribution is -2.51. The molecule has 1 aromatic carbocycles. The van der Waals surface area contributed by atoms with E-state index in [2.05, 4.69) is 0 Å². The molecule has 0 aliphatic carbocycles. The second-order valence-corrected chi connectivity index (χ2v) is 5.04. The summed E-state index contributed by atoms with van der Waals surface area (Å²) < 4.78 is 11.1. The molecule has 102 valence electrons. The minimum absolute atomic E-state index is 0.340. The minimum atomic E-state index is -0.735. The number of hydrogen-bond donors (Lipinski definition) is 1. The van der Waals surface area contributed by atoms with Crippen molar-refractivity contribution >= 4 is 5.97 Å². The van der Waals surface area contributed by atoms with Gasteiger partial charge in [-0.2, -0.15) is 0 Å². The average molecular weight is 263 g/mol. The molecule has 1 saturated heterocycles. The second-order valence-electron chi connectivity index (χ2n) is 5.04. The Hall–Kier alpha value is -1.75. The van der Waals surface area contributed by atoms with Gasteiger partial charge in [0, 0.05) is 13.1 Å². The highest BCUT2D eigenvalue weighted by atomic mass is 16.6. The van der Waals surface area contributed by atoms with Crippen LogP contribution in [0, 0.1) is 6.92 Å². The van der Waals surface area contributed by atoms with Crippen LogP contribution in [0.1, 0.15) is 17.5 Å². The van der Waals surface area contributed by atoms with Gasteiger partial charge in [0.2, 0.25) is 0 Å². The molecule has 0 bridgehead atoms. The van der Waals surface area contributed by atoms with Crippen LogP contribution in [0.15, 0.2) is 12.1 Å². The Kier molecular flexibility index (Phi) is 3.06. The number of carbonyl (C=O) groups is 1. The number of aryl methyl sites for hydroxylation is 1. The summed E-state index contributed by atoms with van der Waals surface area (Å²) in [6.45, 7) is 4.66. The van der Waals surface area contributed by atoms with E-state index >= 15 is 0 Å². The predicted molar refractivity (Wildman–Crippen MR) is 68.6 cm³/mol. The van der Waals surface area contributed by atoms with E-state index in [0.29, 0.717) is 19.8 Å². The van der Waals surface area contributed by atoms with Crippen molar-refractivity contribution in [3.05, 3.63) is 23.3 Å². The fraction of sp³-hybridized carbons (Fsp3) is 0.500. The first-order valence-electron chi connectivity index (χ1n) is 6.51. The number of nitrogens with zero attached hydrogens (tertiary/aromatic N) is 1. The SMILES string of the molecule is Cc1cc2c(cc1CN1CC[C@@H]1C(=O)O)OCCO2. The van der Waals surface area contributed by atoms with Gasteiger partial charge in [-0.05, 0) is 36.6 Å². The quantitative estimate of drug-likeness (QED) is 0.894. The van der Waals surface area contributed by atoms with Crippen molar-refractivity contribution in [3.8, 4) is 11.5 Å². The molecule has 2 heterocycles. The molecule has 3 rings (SSSR count). The van der Waals surface area contributed by atoms with E-state index in [1.54, 1.807) is 0 Å². The van der Waals surface area contributed by atoms with Crippen molar-refractivity contribution in [2.24, 2.45) is 0 Å². The van der Waals surface area contributed by atoms with Crippen LogP contribution in [-0.2, 0) is 11.3 Å². The van der Waals surface area contributed by atoms with Crippen LogP contribution >= 0.6 is 0 Å². The molecule has 1 aromatic rings. The molecule has 2 aliphatic heterocycles. The molecule has 1 N–H and O–H groups in total. The molecule has 0 radical (unpaired) electrons. The Labute approximate surface area is 111 Å². The third-order valence-electron chi connectivity index (χ3n) is 3.79. The monoisotopic (exact) mass is 263 g/mol. The first-order chi connectivity index (χ1) is 9.15. The summed E-state index contributed by atoms with van der Waals surface area (Å²) >= 11 is 0. The Bertz CT molecular complexity index is 514. The number of carboxylic acids is 1. The Morgan fingerprint density at radius 1 is 1.37 bits per heavy atom. The number of fused-ring (bicyclic) bond motifs is 1. The van der Waals surface area contributed by atoms with Crippen molar-refractivity contribution in [2.45, 2.75) is 25.9 Å². The lowest BCUT2D eigenvalue weighted by atomic mass is 10.00. The highest BCUT2D eigenvalue weighted by Gasteiger charge is 2.34. The Morgan fingerprint density at radius 2 is 2.05 bits per heavy atom. The zero-order valence-electron chi connectivity index (χ0n) is 10.9. The van der Waals surface area contributed by atoms with E-state index in [1.807, 2.05) is 24.0 Å². The van der Waals surface area contributed by atoms with Gasteiger partial charge in [-0.1, -0.05) is 0 Å². The molecular formula is C14H17NO4. The highest BCUT2D eigenvalue weighted by Crippen LogP contribution is 2.34. The first-order valence-corrected chi connectivity index (χ1v) is 6.51. The van der Waals surface area contributed by atoms with Gasteiger partial charge in [0.25, 0.3) is 0 Å². The standard InChI is InChI=1S/C14H17NO4/c1-9-6-12-13(19-5-4-18-12)7-10(9)8-15-3-2-11(15)14(16)17/h6-7,11H,2-5,8H2,1H3,(H,16,17)/t11-/m1/s1. The summed E-state index contributed by atoms with van der Waals surface area (Å²) in [5.74, 6) is 0.812. The van der Waals surface area contributed by atoms with Crippen molar-refractivity contribution < 1.29 is 19.4 Å². The van der Waals surface area contributed by atoms with Crippen molar-refractivity contribution in [3.63, 3.8) is 0 Å². The summed E-state index contributed by atoms with van der Waals surface area (Å²) in [6.07, 6.45) is 0.735. The zero-order valence-corrected chi connectivity index (χ0v) is 10.9. The minimum Gasteiger partial charge on any atom is -0.486 e. The number of hydrogen-bond acceptors (Lipinski definition) is 4. The normalized spacial score (nSPS) is 21.8. The highest BCUT2D eigenvalue weighted by molar-refractivity contribution is 5.74. The van der Waals surface area contributed by atoms with Gasteiger partial charge in [-0.3, -0.25) is 9.69 Å². The van der Waals surface area contributed by atoms with Crippen molar-refractivity contribution in [1.29, 1.82) is 0 Å². The van der Waals surface area contributed by atoms with Crippen LogP contribution in [0.3, 0.4) is 0 Å². The Balaban J connectivity index is 1.79. The number of likely N-dealkylation sites (tertiary alicyclic amines) is 1. The van der Waals surface area contributed by atoms with Gasteiger partial charge in [0.1, 0.15) is 19.3 Å². The largest absolute Gasteiger partial charge is 0.486 e. The molecule has 0 saturated carbocycles. The van der Waals surface area contributed by atoms with Gasteiger partial charge in [-0.15, -0.1) is 0 Å². The summed E-state index contributed by atoms with van der Waals surface area (Å²) in [6, 6.07) is 3.60. The lowest BCUT2D eigenvalue weighted by Gasteiger charge is -2.38. The van der Waals surface area contributed by atoms with Gasteiger partial charge >= 0.3 is 5.97 Å². The number of ether oxygens (including phenoxy) is 2. The molecule has 0 spiro atoms. The molecule has 5 heteroatoms. The maximum atomic E-state index is 11.0. The molecule has 19 heavy (non-hydrogen) atoms. The predicted octanol–water partition coefficient (Wildman–Crippen LogP) is 1.43. The van der Waals surface area contributed by atoms with Crippen molar-refractivity contribution in [2.75, 3.05) is 19.8 Å². The molecule has 0 amide bonds. The fourth-order valence-corrected chi connectivity index (χ4v) is 2.53. The molecular weight excluding hydrogens is 246 g/mol. The van der Waals surface area contributed by atoms with Gasteiger partial charge in [0.05, 0.1) is 0 Å². The Morgan fingerprint density at radius 3 is 2.63 bits per heavy atom. The van der Waals surface area contributed by atoms with Gasteiger partial charge in [0.15, 0.2) is 11.5 Å². The van der Waals surface area contributed by atoms with Crippen LogP contribution in [0.4, 0.5) is 0 Å². The maximum absolute atomic E-state index is 11.0. The smallest absolute Gasteiger partial charge is 0.320 e. The van der Waals surface area contributed by atoms with E-state index in [-0.39, 0.29) is 6.04 Å². The molecule has 5 nitrogen and oxygen atoms in total. The molecule has 1 fully saturated rings. The third-order valence-corrected chi connectivity index (χ3v) is 3.79.